The molecule has 0 saturated carbocycles. The van der Waals surface area contributed by atoms with Crippen LogP contribution in [0.15, 0.2) is 0 Å². The normalized spacial score (nSPS) is 16.8. The van der Waals surface area contributed by atoms with Gasteiger partial charge < -0.3 is 15.9 Å². The molecule has 0 fully saturated rings. The van der Waals surface area contributed by atoms with Crippen LogP contribution in [-0.2, 0) is 4.79 Å². The molecule has 9 heavy (non-hydrogen) atoms. The van der Waals surface area contributed by atoms with Crippen LogP contribution in [0.4, 0.5) is 0 Å². The molecule has 0 rings (SSSR count). The quantitative estimate of drug-likeness (QED) is 0.487. The number of amides is 1. The van der Waals surface area contributed by atoms with E-state index in [1.54, 1.807) is 0 Å². The number of rotatable bonds is 3. The molecule has 54 valence electrons. The van der Waals surface area contributed by atoms with Crippen molar-refractivity contribution in [3.05, 3.63) is 0 Å². The Morgan fingerprint density at radius 2 is 2.22 bits per heavy atom. The van der Waals surface area contributed by atoms with Crippen LogP contribution in [0.3, 0.4) is 0 Å². The van der Waals surface area contributed by atoms with E-state index in [-0.39, 0.29) is 6.61 Å². The first-order valence-corrected chi connectivity index (χ1v) is 3.23. The van der Waals surface area contributed by atoms with Gasteiger partial charge in [0, 0.05) is 0 Å². The molecule has 4 nitrogen and oxygen atoms in total. The number of hydrogen-bond acceptors (Lipinski definition) is 3. The van der Waals surface area contributed by atoms with Gasteiger partial charge in [-0.15, -0.1) is 0 Å². The minimum absolute atomic E-state index is 0.315. The van der Waals surface area contributed by atoms with Gasteiger partial charge in [-0.2, -0.15) is 0 Å². The maximum absolute atomic E-state index is 10.1. The summed E-state index contributed by atoms with van der Waals surface area (Å²) in [6.07, 6.45) is -1.31. The Balaban J connectivity index is 3.72. The molecule has 0 radical (unpaired) electrons. The van der Waals surface area contributed by atoms with Crippen molar-refractivity contribution in [3.63, 3.8) is 0 Å². The van der Waals surface area contributed by atoms with E-state index in [9.17, 15) is 4.79 Å². The van der Waals surface area contributed by atoms with Crippen molar-refractivity contribution in [2.75, 3.05) is 6.61 Å². The maximum atomic E-state index is 10.1. The number of aliphatic hydroxyl groups excluding tert-OH is 2. The fourth-order valence-corrected chi connectivity index (χ4v) is 0.539. The van der Waals surface area contributed by atoms with Gasteiger partial charge in [-0.25, -0.2) is 0 Å². The van der Waals surface area contributed by atoms with Gasteiger partial charge in [-0.1, -0.05) is 15.9 Å². The summed E-state index contributed by atoms with van der Waals surface area (Å²) in [5, 5.41) is 17.1. The molecule has 0 saturated heterocycles. The van der Waals surface area contributed by atoms with Gasteiger partial charge in [0.2, 0.25) is 5.91 Å². The zero-order valence-electron chi connectivity index (χ0n) is 4.62. The maximum Gasteiger partial charge on any atom is 0.247 e. The first-order valence-electron chi connectivity index (χ1n) is 2.32. The third-order valence-electron chi connectivity index (χ3n) is 0.809. The van der Waals surface area contributed by atoms with Gasteiger partial charge in [-0.3, -0.25) is 4.79 Å². The first-order chi connectivity index (χ1) is 4.09. The summed E-state index contributed by atoms with van der Waals surface area (Å²) in [5.74, 6) is -0.842. The van der Waals surface area contributed by atoms with Gasteiger partial charge in [0.25, 0.3) is 0 Å². The third kappa shape index (κ3) is 2.78. The highest BCUT2D eigenvalue weighted by atomic mass is 79.9. The van der Waals surface area contributed by atoms with Crippen LogP contribution in [0.25, 0.3) is 0 Å². The highest BCUT2D eigenvalue weighted by molar-refractivity contribution is 9.09. The van der Waals surface area contributed by atoms with Gasteiger partial charge in [0.05, 0.1) is 11.4 Å². The Hall–Kier alpha value is -0.130. The van der Waals surface area contributed by atoms with Crippen LogP contribution in [0, 0.1) is 0 Å². The number of primary amides is 1. The van der Waals surface area contributed by atoms with Gasteiger partial charge >= 0.3 is 0 Å². The lowest BCUT2D eigenvalue weighted by Gasteiger charge is -2.09. The standard InChI is InChI=1S/C4H8BrNO3/c5-2(1-7)3(8)4(6)9/h2-3,7-8H,1H2,(H2,6,9)/t2-,3+/m0/s1. The summed E-state index contributed by atoms with van der Waals surface area (Å²) in [5.41, 5.74) is 4.68. The lowest BCUT2D eigenvalue weighted by atomic mass is 10.2. The predicted octanol–water partition coefficient (Wildman–Crippen LogP) is -1.41. The number of nitrogens with two attached hydrogens (primary N) is 1. The van der Waals surface area contributed by atoms with Crippen LogP contribution in [0.5, 0.6) is 0 Å². The topological polar surface area (TPSA) is 83.6 Å². The average Bonchev–Trinajstić information content (AvgIpc) is 1.84. The molecule has 0 aliphatic carbocycles. The Kier molecular flexibility index (Phi) is 3.76. The second-order valence-electron chi connectivity index (χ2n) is 1.55. The fourth-order valence-electron chi connectivity index (χ4n) is 0.278. The van der Waals surface area contributed by atoms with Crippen molar-refractivity contribution in [1.29, 1.82) is 0 Å². The molecular formula is C4H8BrNO3. The van der Waals surface area contributed by atoms with Crippen molar-refractivity contribution < 1.29 is 15.0 Å². The summed E-state index contributed by atoms with van der Waals surface area (Å²) in [6.45, 7) is -0.315. The molecule has 0 spiro atoms. The average molecular weight is 198 g/mol. The Morgan fingerprint density at radius 1 is 1.78 bits per heavy atom. The molecule has 1 amide bonds. The van der Waals surface area contributed by atoms with Crippen LogP contribution in [0.1, 0.15) is 0 Å². The van der Waals surface area contributed by atoms with Crippen molar-refractivity contribution in [1.82, 2.24) is 0 Å². The van der Waals surface area contributed by atoms with Crippen molar-refractivity contribution >= 4 is 21.8 Å². The zero-order valence-corrected chi connectivity index (χ0v) is 6.21. The number of carbonyl (C=O) groups is 1. The van der Waals surface area contributed by atoms with E-state index >= 15 is 0 Å². The summed E-state index contributed by atoms with van der Waals surface area (Å²) < 4.78 is 0. The van der Waals surface area contributed by atoms with Crippen LogP contribution >= 0.6 is 15.9 Å². The number of halogens is 1. The molecule has 0 unspecified atom stereocenters. The minimum Gasteiger partial charge on any atom is -0.395 e. The SMILES string of the molecule is NC(=O)[C@H](O)[C@@H](Br)CO. The predicted molar refractivity (Wildman–Crippen MR) is 35.0 cm³/mol. The van der Waals surface area contributed by atoms with E-state index in [2.05, 4.69) is 21.7 Å². The summed E-state index contributed by atoms with van der Waals surface area (Å²) in [4.78, 5) is 9.47. The summed E-state index contributed by atoms with van der Waals surface area (Å²) >= 11 is 2.84. The van der Waals surface area contributed by atoms with Crippen LogP contribution < -0.4 is 5.73 Å². The minimum atomic E-state index is -1.31. The van der Waals surface area contributed by atoms with E-state index in [0.29, 0.717) is 0 Å². The lowest BCUT2D eigenvalue weighted by Crippen LogP contribution is -2.37. The molecule has 0 aliphatic rings. The number of carbonyl (C=O) groups excluding carboxylic acids is 1. The smallest absolute Gasteiger partial charge is 0.247 e. The zero-order chi connectivity index (χ0) is 7.44. The van der Waals surface area contributed by atoms with E-state index < -0.39 is 16.8 Å². The Bertz CT molecular complexity index is 108. The lowest BCUT2D eigenvalue weighted by molar-refractivity contribution is -0.126. The molecule has 5 heteroatoms. The molecule has 4 N–H and O–H groups in total. The van der Waals surface area contributed by atoms with Crippen molar-refractivity contribution in [3.8, 4) is 0 Å². The Morgan fingerprint density at radius 3 is 2.33 bits per heavy atom. The largest absolute Gasteiger partial charge is 0.395 e. The highest BCUT2D eigenvalue weighted by Crippen LogP contribution is 2.03. The highest BCUT2D eigenvalue weighted by Gasteiger charge is 2.19. The number of aliphatic hydroxyl groups is 2. The molecule has 0 aliphatic heterocycles. The van der Waals surface area contributed by atoms with Crippen LogP contribution in [0.2, 0.25) is 0 Å². The molecule has 0 aromatic heterocycles. The first kappa shape index (κ1) is 8.87. The second kappa shape index (κ2) is 3.81. The van der Waals surface area contributed by atoms with E-state index in [4.69, 9.17) is 10.2 Å². The van der Waals surface area contributed by atoms with Gasteiger partial charge in [0.1, 0.15) is 6.10 Å². The van der Waals surface area contributed by atoms with E-state index in [1.165, 1.54) is 0 Å². The third-order valence-corrected chi connectivity index (χ3v) is 1.60. The van der Waals surface area contributed by atoms with Crippen molar-refractivity contribution in [2.45, 2.75) is 10.9 Å². The molecule has 2 atom stereocenters. The molecule has 0 heterocycles. The van der Waals surface area contributed by atoms with Gasteiger partial charge in [-0.05, 0) is 0 Å². The Labute approximate surface area is 60.8 Å². The van der Waals surface area contributed by atoms with Crippen LogP contribution in [-0.4, -0.2) is 33.7 Å². The second-order valence-corrected chi connectivity index (χ2v) is 2.72. The van der Waals surface area contributed by atoms with Gasteiger partial charge in [0.15, 0.2) is 0 Å². The molecule has 0 aromatic rings. The molecule has 0 aromatic carbocycles. The van der Waals surface area contributed by atoms with Crippen molar-refractivity contribution in [2.24, 2.45) is 5.73 Å². The molecular weight excluding hydrogens is 190 g/mol. The molecule has 0 bridgehead atoms. The van der Waals surface area contributed by atoms with E-state index in [1.807, 2.05) is 0 Å². The van der Waals surface area contributed by atoms with E-state index in [0.717, 1.165) is 0 Å². The summed E-state index contributed by atoms with van der Waals surface area (Å²) in [6, 6.07) is 0. The number of alkyl halides is 1. The summed E-state index contributed by atoms with van der Waals surface area (Å²) in [7, 11) is 0. The number of hydrogen-bond donors (Lipinski definition) is 3. The fraction of sp³-hybridized carbons (Fsp3) is 0.750. The monoisotopic (exact) mass is 197 g/mol.